The highest BCUT2D eigenvalue weighted by atomic mass is 79.9. The van der Waals surface area contributed by atoms with Crippen molar-refractivity contribution >= 4 is 21.6 Å². The van der Waals surface area contributed by atoms with Gasteiger partial charge < -0.3 is 10.5 Å². The van der Waals surface area contributed by atoms with Crippen molar-refractivity contribution in [2.75, 3.05) is 5.73 Å². The molecule has 0 radical (unpaired) electrons. The van der Waals surface area contributed by atoms with Crippen LogP contribution < -0.4 is 10.5 Å². The van der Waals surface area contributed by atoms with Crippen LogP contribution in [0, 0.1) is 12.7 Å². The van der Waals surface area contributed by atoms with Crippen LogP contribution in [0.25, 0.3) is 0 Å². The van der Waals surface area contributed by atoms with Crippen LogP contribution >= 0.6 is 15.9 Å². The second-order valence-electron chi connectivity index (χ2n) is 3.52. The van der Waals surface area contributed by atoms with E-state index in [2.05, 4.69) is 20.9 Å². The molecule has 5 heteroatoms. The fourth-order valence-electron chi connectivity index (χ4n) is 1.29. The van der Waals surface area contributed by atoms with Gasteiger partial charge in [-0.1, -0.05) is 0 Å². The van der Waals surface area contributed by atoms with Gasteiger partial charge in [-0.15, -0.1) is 0 Å². The molecule has 2 rings (SSSR count). The maximum atomic E-state index is 13.1. The number of benzene rings is 1. The summed E-state index contributed by atoms with van der Waals surface area (Å²) >= 11 is 3.27. The highest BCUT2D eigenvalue weighted by molar-refractivity contribution is 9.10. The van der Waals surface area contributed by atoms with Gasteiger partial charge in [-0.2, -0.15) is 0 Å². The summed E-state index contributed by atoms with van der Waals surface area (Å²) in [5.74, 6) is 0.237. The molecule has 2 aromatic rings. The summed E-state index contributed by atoms with van der Waals surface area (Å²) in [4.78, 5) is 4.01. The Kier molecular flexibility index (Phi) is 3.28. The van der Waals surface area contributed by atoms with Crippen molar-refractivity contribution in [1.82, 2.24) is 4.98 Å². The zero-order chi connectivity index (χ0) is 12.4. The zero-order valence-corrected chi connectivity index (χ0v) is 10.7. The van der Waals surface area contributed by atoms with Crippen molar-refractivity contribution in [3.05, 3.63) is 46.3 Å². The van der Waals surface area contributed by atoms with Gasteiger partial charge in [-0.3, -0.25) is 0 Å². The number of aromatic nitrogens is 1. The first-order valence-electron chi connectivity index (χ1n) is 4.92. The molecule has 0 saturated carbocycles. The summed E-state index contributed by atoms with van der Waals surface area (Å²) in [6, 6.07) is 5.96. The van der Waals surface area contributed by atoms with Crippen LogP contribution in [0.4, 0.5) is 10.1 Å². The molecule has 0 aliphatic carbocycles. The van der Waals surface area contributed by atoms with E-state index in [0.29, 0.717) is 15.9 Å². The molecule has 3 nitrogen and oxygen atoms in total. The predicted molar refractivity (Wildman–Crippen MR) is 67.6 cm³/mol. The van der Waals surface area contributed by atoms with Crippen LogP contribution in [-0.4, -0.2) is 4.98 Å². The Morgan fingerprint density at radius 1 is 1.35 bits per heavy atom. The summed E-state index contributed by atoms with van der Waals surface area (Å²) in [6.45, 7) is 1.85. The first-order chi connectivity index (χ1) is 8.08. The van der Waals surface area contributed by atoms with Gasteiger partial charge in [0.15, 0.2) is 0 Å². The number of rotatable bonds is 2. The first kappa shape index (κ1) is 11.9. The van der Waals surface area contributed by atoms with Gasteiger partial charge in [0.05, 0.1) is 10.2 Å². The van der Waals surface area contributed by atoms with Crippen molar-refractivity contribution in [2.45, 2.75) is 6.92 Å². The Labute approximate surface area is 107 Å². The number of hydrogen-bond acceptors (Lipinski definition) is 3. The lowest BCUT2D eigenvalue weighted by Gasteiger charge is -2.10. The topological polar surface area (TPSA) is 48.1 Å². The highest BCUT2D eigenvalue weighted by Gasteiger charge is 2.09. The van der Waals surface area contributed by atoms with Gasteiger partial charge >= 0.3 is 0 Å². The number of halogens is 2. The molecule has 0 amide bonds. The van der Waals surface area contributed by atoms with Crippen LogP contribution in [0.15, 0.2) is 34.9 Å². The third kappa shape index (κ3) is 2.55. The fraction of sp³-hybridized carbons (Fsp3) is 0.0833. The maximum Gasteiger partial charge on any atom is 0.242 e. The van der Waals surface area contributed by atoms with Crippen LogP contribution in [0.3, 0.4) is 0 Å². The lowest BCUT2D eigenvalue weighted by atomic mass is 10.2. The average Bonchev–Trinajstić information content (AvgIpc) is 2.30. The standard InChI is InChI=1S/C12H10BrFN2O/c1-7-4-5-16-12(11(7)15)17-10-6-8(14)2-3-9(10)13/h2-6H,15H2,1H3. The Morgan fingerprint density at radius 3 is 2.88 bits per heavy atom. The van der Waals surface area contributed by atoms with Crippen molar-refractivity contribution in [2.24, 2.45) is 0 Å². The summed E-state index contributed by atoms with van der Waals surface area (Å²) in [5.41, 5.74) is 7.13. The second-order valence-corrected chi connectivity index (χ2v) is 4.38. The summed E-state index contributed by atoms with van der Waals surface area (Å²) in [6.07, 6.45) is 1.59. The van der Waals surface area contributed by atoms with Crippen molar-refractivity contribution in [3.8, 4) is 11.6 Å². The van der Waals surface area contributed by atoms with E-state index in [1.807, 2.05) is 6.92 Å². The lowest BCUT2D eigenvalue weighted by Crippen LogP contribution is -1.97. The molecule has 88 valence electrons. The number of pyridine rings is 1. The zero-order valence-electron chi connectivity index (χ0n) is 9.08. The van der Waals surface area contributed by atoms with Crippen molar-refractivity contribution < 1.29 is 9.13 Å². The van der Waals surface area contributed by atoms with Crippen molar-refractivity contribution in [1.29, 1.82) is 0 Å². The maximum absolute atomic E-state index is 13.1. The Bertz CT molecular complexity index is 560. The molecule has 1 aromatic heterocycles. The SMILES string of the molecule is Cc1ccnc(Oc2cc(F)ccc2Br)c1N. The molecule has 0 atom stereocenters. The fourth-order valence-corrected chi connectivity index (χ4v) is 1.61. The van der Waals surface area contributed by atoms with Gasteiger partial charge in [0.25, 0.3) is 0 Å². The van der Waals surface area contributed by atoms with Crippen LogP contribution in [-0.2, 0) is 0 Å². The monoisotopic (exact) mass is 296 g/mol. The number of nitrogen functional groups attached to an aromatic ring is 1. The van der Waals surface area contributed by atoms with E-state index in [4.69, 9.17) is 10.5 Å². The molecule has 0 saturated heterocycles. The van der Waals surface area contributed by atoms with Gasteiger partial charge in [0, 0.05) is 12.3 Å². The quantitative estimate of drug-likeness (QED) is 0.920. The van der Waals surface area contributed by atoms with Crippen LogP contribution in [0.2, 0.25) is 0 Å². The Morgan fingerprint density at radius 2 is 2.12 bits per heavy atom. The van der Waals surface area contributed by atoms with E-state index in [1.165, 1.54) is 12.1 Å². The molecule has 17 heavy (non-hydrogen) atoms. The molecule has 2 N–H and O–H groups in total. The van der Waals surface area contributed by atoms with E-state index in [-0.39, 0.29) is 11.7 Å². The normalized spacial score (nSPS) is 10.3. The molecule has 1 heterocycles. The molecule has 0 fully saturated rings. The minimum atomic E-state index is -0.380. The minimum Gasteiger partial charge on any atom is -0.436 e. The second kappa shape index (κ2) is 4.71. The van der Waals surface area contributed by atoms with E-state index in [0.717, 1.165) is 5.56 Å². The largest absolute Gasteiger partial charge is 0.436 e. The molecular formula is C12H10BrFN2O. The molecule has 0 unspecified atom stereocenters. The van der Waals surface area contributed by atoms with E-state index < -0.39 is 0 Å². The molecule has 0 aliphatic heterocycles. The van der Waals surface area contributed by atoms with Crippen LogP contribution in [0.5, 0.6) is 11.6 Å². The van der Waals surface area contributed by atoms with E-state index in [1.54, 1.807) is 18.3 Å². The number of hydrogen-bond donors (Lipinski definition) is 1. The molecular weight excluding hydrogens is 287 g/mol. The number of anilines is 1. The van der Waals surface area contributed by atoms with Gasteiger partial charge in [0.1, 0.15) is 11.6 Å². The minimum absolute atomic E-state index is 0.274. The van der Waals surface area contributed by atoms with Crippen LogP contribution in [0.1, 0.15) is 5.56 Å². The smallest absolute Gasteiger partial charge is 0.242 e. The molecule has 1 aromatic carbocycles. The van der Waals surface area contributed by atoms with E-state index in [9.17, 15) is 4.39 Å². The third-order valence-corrected chi connectivity index (χ3v) is 2.93. The van der Waals surface area contributed by atoms with Crippen molar-refractivity contribution in [3.63, 3.8) is 0 Å². The predicted octanol–water partition coefficient (Wildman–Crippen LogP) is 3.67. The van der Waals surface area contributed by atoms with Gasteiger partial charge in [-0.05, 0) is 46.6 Å². The average molecular weight is 297 g/mol. The highest BCUT2D eigenvalue weighted by Crippen LogP contribution is 2.32. The van der Waals surface area contributed by atoms with Gasteiger partial charge in [-0.25, -0.2) is 9.37 Å². The first-order valence-corrected chi connectivity index (χ1v) is 5.71. The summed E-state index contributed by atoms with van der Waals surface area (Å²) < 4.78 is 19.2. The number of nitrogens with zero attached hydrogens (tertiary/aromatic N) is 1. The third-order valence-electron chi connectivity index (χ3n) is 2.27. The summed E-state index contributed by atoms with van der Waals surface area (Å²) in [5, 5.41) is 0. The molecule has 0 aliphatic rings. The van der Waals surface area contributed by atoms with E-state index >= 15 is 0 Å². The molecule has 0 spiro atoms. The number of aryl methyl sites for hydroxylation is 1. The Hall–Kier alpha value is -1.62. The number of ether oxygens (including phenoxy) is 1. The number of nitrogens with two attached hydrogens (primary N) is 1. The Balaban J connectivity index is 2.38. The lowest BCUT2D eigenvalue weighted by molar-refractivity contribution is 0.457. The van der Waals surface area contributed by atoms with Gasteiger partial charge in [0.2, 0.25) is 5.88 Å². The summed E-state index contributed by atoms with van der Waals surface area (Å²) in [7, 11) is 0. The molecule has 0 bridgehead atoms.